The zero-order valence-electron chi connectivity index (χ0n) is 12.0. The molecule has 2 rings (SSSR count). The highest BCUT2D eigenvalue weighted by Gasteiger charge is 2.22. The molecule has 0 saturated carbocycles. The number of hydrogen-bond donors (Lipinski definition) is 1. The van der Waals surface area contributed by atoms with E-state index in [1.165, 1.54) is 13.2 Å². The molecule has 0 radical (unpaired) electrons. The van der Waals surface area contributed by atoms with Crippen LogP contribution < -0.4 is 9.46 Å². The molecular weight excluding hydrogens is 390 g/mol. The van der Waals surface area contributed by atoms with Crippen molar-refractivity contribution in [2.45, 2.75) is 17.9 Å². The van der Waals surface area contributed by atoms with Crippen LogP contribution >= 0.6 is 27.5 Å². The van der Waals surface area contributed by atoms with Crippen LogP contribution in [0.1, 0.15) is 18.5 Å². The number of benzene rings is 2. The molecule has 0 spiro atoms. The number of hydrogen-bond acceptors (Lipinski definition) is 3. The smallest absolute Gasteiger partial charge is 0.244 e. The molecule has 7 heteroatoms. The van der Waals surface area contributed by atoms with Gasteiger partial charge in [-0.15, -0.1) is 0 Å². The molecule has 1 N–H and O–H groups in total. The lowest BCUT2D eigenvalue weighted by Gasteiger charge is -2.16. The van der Waals surface area contributed by atoms with Crippen LogP contribution in [-0.4, -0.2) is 15.5 Å². The first-order chi connectivity index (χ1) is 10.3. The number of rotatable bonds is 5. The van der Waals surface area contributed by atoms with Gasteiger partial charge in [0.05, 0.1) is 7.11 Å². The van der Waals surface area contributed by atoms with E-state index in [-0.39, 0.29) is 10.6 Å². The van der Waals surface area contributed by atoms with Crippen molar-refractivity contribution in [3.05, 3.63) is 57.5 Å². The first-order valence-electron chi connectivity index (χ1n) is 6.45. The van der Waals surface area contributed by atoms with Gasteiger partial charge < -0.3 is 4.74 Å². The molecule has 0 aliphatic carbocycles. The summed E-state index contributed by atoms with van der Waals surface area (Å²) < 4.78 is 33.6. The Labute approximate surface area is 143 Å². The van der Waals surface area contributed by atoms with Crippen molar-refractivity contribution in [2.75, 3.05) is 7.11 Å². The maximum atomic E-state index is 12.6. The second-order valence-corrected chi connectivity index (χ2v) is 7.73. The van der Waals surface area contributed by atoms with Gasteiger partial charge in [-0.25, -0.2) is 13.1 Å². The van der Waals surface area contributed by atoms with Gasteiger partial charge in [0.25, 0.3) is 0 Å². The maximum Gasteiger partial charge on any atom is 0.244 e. The van der Waals surface area contributed by atoms with Crippen LogP contribution in [-0.2, 0) is 10.0 Å². The van der Waals surface area contributed by atoms with E-state index >= 15 is 0 Å². The SMILES string of the molecule is COc1ccc(Br)cc1S(=O)(=O)N[C@@H](C)c1cccc(Cl)c1. The highest BCUT2D eigenvalue weighted by molar-refractivity contribution is 9.10. The van der Waals surface area contributed by atoms with Crippen molar-refractivity contribution < 1.29 is 13.2 Å². The van der Waals surface area contributed by atoms with E-state index in [9.17, 15) is 8.42 Å². The number of sulfonamides is 1. The average Bonchev–Trinajstić information content (AvgIpc) is 2.46. The number of halogens is 2. The molecule has 1 atom stereocenters. The lowest BCUT2D eigenvalue weighted by molar-refractivity contribution is 0.402. The molecule has 4 nitrogen and oxygen atoms in total. The molecule has 0 fully saturated rings. The van der Waals surface area contributed by atoms with E-state index < -0.39 is 16.1 Å². The number of nitrogens with one attached hydrogen (secondary N) is 1. The Hall–Kier alpha value is -1.08. The molecule has 0 heterocycles. The normalized spacial score (nSPS) is 12.9. The van der Waals surface area contributed by atoms with Gasteiger partial charge in [0.15, 0.2) is 0 Å². The third-order valence-corrected chi connectivity index (χ3v) is 5.39. The van der Waals surface area contributed by atoms with Gasteiger partial charge in [0, 0.05) is 15.5 Å². The van der Waals surface area contributed by atoms with E-state index in [0.717, 1.165) is 5.56 Å². The monoisotopic (exact) mass is 403 g/mol. The summed E-state index contributed by atoms with van der Waals surface area (Å²) in [5.41, 5.74) is 0.782. The largest absolute Gasteiger partial charge is 0.495 e. The van der Waals surface area contributed by atoms with Crippen LogP contribution in [0.5, 0.6) is 5.75 Å². The van der Waals surface area contributed by atoms with Crippen LogP contribution in [0.2, 0.25) is 5.02 Å². The van der Waals surface area contributed by atoms with Gasteiger partial charge in [0.2, 0.25) is 10.0 Å². The third kappa shape index (κ3) is 4.01. The molecule has 0 saturated heterocycles. The van der Waals surface area contributed by atoms with Gasteiger partial charge >= 0.3 is 0 Å². The summed E-state index contributed by atoms with van der Waals surface area (Å²) in [7, 11) is -2.30. The first-order valence-corrected chi connectivity index (χ1v) is 9.10. The Morgan fingerprint density at radius 3 is 2.59 bits per heavy atom. The summed E-state index contributed by atoms with van der Waals surface area (Å²) in [6.45, 7) is 1.76. The first kappa shape index (κ1) is 17.3. The summed E-state index contributed by atoms with van der Waals surface area (Å²) in [6.07, 6.45) is 0. The van der Waals surface area contributed by atoms with Crippen molar-refractivity contribution in [1.82, 2.24) is 4.72 Å². The molecule has 0 amide bonds. The predicted octanol–water partition coefficient (Wildman–Crippen LogP) is 4.15. The third-order valence-electron chi connectivity index (χ3n) is 3.10. The molecule has 0 aliphatic heterocycles. The topological polar surface area (TPSA) is 55.4 Å². The van der Waals surface area contributed by atoms with Crippen LogP contribution in [0.15, 0.2) is 51.8 Å². The minimum Gasteiger partial charge on any atom is -0.495 e. The fraction of sp³-hybridized carbons (Fsp3) is 0.200. The summed E-state index contributed by atoms with van der Waals surface area (Å²) in [5, 5.41) is 0.559. The molecule has 2 aromatic carbocycles. The van der Waals surface area contributed by atoms with Gasteiger partial charge in [-0.1, -0.05) is 39.7 Å². The van der Waals surface area contributed by atoms with Crippen molar-refractivity contribution in [2.24, 2.45) is 0 Å². The fourth-order valence-corrected chi connectivity index (χ4v) is 4.14. The molecule has 0 unspecified atom stereocenters. The van der Waals surface area contributed by atoms with Crippen molar-refractivity contribution in [1.29, 1.82) is 0 Å². The van der Waals surface area contributed by atoms with E-state index in [1.807, 2.05) is 6.07 Å². The Morgan fingerprint density at radius 1 is 1.23 bits per heavy atom. The Kier molecular flexibility index (Phi) is 5.50. The van der Waals surface area contributed by atoms with Crippen molar-refractivity contribution in [3.63, 3.8) is 0 Å². The van der Waals surface area contributed by atoms with E-state index in [4.69, 9.17) is 16.3 Å². The maximum absolute atomic E-state index is 12.6. The van der Waals surface area contributed by atoms with Crippen molar-refractivity contribution in [3.8, 4) is 5.75 Å². The average molecular weight is 405 g/mol. The van der Waals surface area contributed by atoms with Gasteiger partial charge in [-0.05, 0) is 42.8 Å². The highest BCUT2D eigenvalue weighted by atomic mass is 79.9. The van der Waals surface area contributed by atoms with E-state index in [0.29, 0.717) is 9.50 Å². The molecule has 2 aromatic rings. The molecular formula is C15H15BrClNO3S. The van der Waals surface area contributed by atoms with E-state index in [1.54, 1.807) is 37.3 Å². The summed E-state index contributed by atoms with van der Waals surface area (Å²) in [5.74, 6) is 0.286. The second-order valence-electron chi connectivity index (χ2n) is 4.69. The highest BCUT2D eigenvalue weighted by Crippen LogP contribution is 2.28. The standard InChI is InChI=1S/C15H15BrClNO3S/c1-10(11-4-3-5-13(17)8-11)18-22(19,20)15-9-12(16)6-7-14(15)21-2/h3-10,18H,1-2H3/t10-/m0/s1. The molecule has 0 aromatic heterocycles. The van der Waals surface area contributed by atoms with Crippen LogP contribution in [0.4, 0.5) is 0 Å². The molecule has 118 valence electrons. The van der Waals surface area contributed by atoms with Gasteiger partial charge in [-0.3, -0.25) is 0 Å². The molecule has 0 bridgehead atoms. The fourth-order valence-electron chi connectivity index (χ4n) is 2.00. The van der Waals surface area contributed by atoms with Gasteiger partial charge in [0.1, 0.15) is 10.6 Å². The zero-order valence-corrected chi connectivity index (χ0v) is 15.2. The second kappa shape index (κ2) is 7.00. The molecule has 0 aliphatic rings. The lowest BCUT2D eigenvalue weighted by Crippen LogP contribution is -2.27. The number of ether oxygens (including phenoxy) is 1. The Balaban J connectivity index is 2.33. The molecule has 22 heavy (non-hydrogen) atoms. The Bertz CT molecular complexity index is 780. The minimum absolute atomic E-state index is 0.0817. The van der Waals surface area contributed by atoms with Crippen LogP contribution in [0.3, 0.4) is 0 Å². The quantitative estimate of drug-likeness (QED) is 0.814. The lowest BCUT2D eigenvalue weighted by atomic mass is 10.1. The van der Waals surface area contributed by atoms with Crippen molar-refractivity contribution >= 4 is 37.6 Å². The Morgan fingerprint density at radius 2 is 1.95 bits per heavy atom. The summed E-state index contributed by atoms with van der Waals surface area (Å²) in [6, 6.07) is 11.5. The number of methoxy groups -OCH3 is 1. The van der Waals surface area contributed by atoms with E-state index in [2.05, 4.69) is 20.7 Å². The summed E-state index contributed by atoms with van der Waals surface area (Å²) >= 11 is 9.22. The predicted molar refractivity (Wildman–Crippen MR) is 90.9 cm³/mol. The van der Waals surface area contributed by atoms with Crippen LogP contribution in [0, 0.1) is 0 Å². The summed E-state index contributed by atoms with van der Waals surface area (Å²) in [4.78, 5) is 0.0817. The minimum atomic E-state index is -3.73. The zero-order chi connectivity index (χ0) is 16.3. The van der Waals surface area contributed by atoms with Gasteiger partial charge in [-0.2, -0.15) is 0 Å². The van der Waals surface area contributed by atoms with Crippen LogP contribution in [0.25, 0.3) is 0 Å².